The van der Waals surface area contributed by atoms with E-state index >= 15 is 0 Å². The molecule has 1 aliphatic heterocycles. The maximum atomic E-state index is 13.1. The lowest BCUT2D eigenvalue weighted by Crippen LogP contribution is -2.31. The Labute approximate surface area is 176 Å². The Morgan fingerprint density at radius 3 is 2.62 bits per heavy atom. The van der Waals surface area contributed by atoms with E-state index in [0.29, 0.717) is 11.6 Å². The summed E-state index contributed by atoms with van der Waals surface area (Å²) in [6.45, 7) is 2.42. The smallest absolute Gasteiger partial charge is 0.262 e. The lowest BCUT2D eigenvalue weighted by atomic mass is 10.0. The second-order valence-corrected chi connectivity index (χ2v) is 9.77. The fraction of sp³-hybridized carbons (Fsp3) is 0.333. The second-order valence-electron chi connectivity index (χ2n) is 7.50. The summed E-state index contributed by atoms with van der Waals surface area (Å²) in [5, 5.41) is 0.794. The minimum absolute atomic E-state index is 0.0842. The Morgan fingerprint density at radius 2 is 1.93 bits per heavy atom. The first kappa shape index (κ1) is 20.1. The van der Waals surface area contributed by atoms with E-state index in [2.05, 4.69) is 9.97 Å². The van der Waals surface area contributed by atoms with Gasteiger partial charge in [-0.05, 0) is 61.6 Å². The van der Waals surface area contributed by atoms with Crippen LogP contribution >= 0.6 is 11.6 Å². The van der Waals surface area contributed by atoms with Crippen molar-refractivity contribution in [1.29, 1.82) is 0 Å². The quantitative estimate of drug-likeness (QED) is 0.615. The van der Waals surface area contributed by atoms with Gasteiger partial charge in [0.15, 0.2) is 5.03 Å². The molecule has 1 atom stereocenters. The first-order valence-electron chi connectivity index (χ1n) is 9.54. The van der Waals surface area contributed by atoms with Gasteiger partial charge in [-0.2, -0.15) is 4.31 Å². The Bertz CT molecular complexity index is 1130. The molecule has 0 spiro atoms. The number of aryl methyl sites for hydroxylation is 2. The first-order valence-corrected chi connectivity index (χ1v) is 11.4. The van der Waals surface area contributed by atoms with Crippen LogP contribution in [-0.4, -0.2) is 33.8 Å². The molecule has 1 aromatic carbocycles. The number of aromatic nitrogens is 3. The predicted molar refractivity (Wildman–Crippen MR) is 112 cm³/mol. The van der Waals surface area contributed by atoms with E-state index < -0.39 is 10.0 Å². The molecule has 0 N–H and O–H groups in total. The number of imidazole rings is 1. The number of nitrogens with zero attached hydrogens (tertiary/aromatic N) is 4. The van der Waals surface area contributed by atoms with Gasteiger partial charge in [0, 0.05) is 30.5 Å². The van der Waals surface area contributed by atoms with Crippen LogP contribution in [0.15, 0.2) is 53.9 Å². The third-order valence-electron chi connectivity index (χ3n) is 5.15. The Hall–Kier alpha value is -2.22. The van der Waals surface area contributed by atoms with Crippen LogP contribution in [0.4, 0.5) is 0 Å². The van der Waals surface area contributed by atoms with Crippen LogP contribution in [0.25, 0.3) is 0 Å². The molecule has 1 saturated heterocycles. The van der Waals surface area contributed by atoms with E-state index in [9.17, 15) is 8.42 Å². The van der Waals surface area contributed by atoms with Crippen molar-refractivity contribution in [1.82, 2.24) is 18.8 Å². The molecule has 3 heterocycles. The van der Waals surface area contributed by atoms with Gasteiger partial charge in [-0.1, -0.05) is 23.7 Å². The van der Waals surface area contributed by atoms with Gasteiger partial charge >= 0.3 is 0 Å². The van der Waals surface area contributed by atoms with E-state index in [0.717, 1.165) is 41.8 Å². The summed E-state index contributed by atoms with van der Waals surface area (Å²) in [5.41, 5.74) is 3.94. The average Bonchev–Trinajstić information content (AvgIpc) is 3.33. The number of rotatable bonds is 5. The monoisotopic (exact) mass is 430 g/mol. The number of hydrogen-bond donors (Lipinski definition) is 0. The van der Waals surface area contributed by atoms with E-state index in [1.165, 1.54) is 6.33 Å². The van der Waals surface area contributed by atoms with E-state index in [4.69, 9.17) is 11.6 Å². The van der Waals surface area contributed by atoms with Crippen LogP contribution in [0.2, 0.25) is 5.02 Å². The third kappa shape index (κ3) is 4.22. The summed E-state index contributed by atoms with van der Waals surface area (Å²) >= 11 is 5.98. The minimum atomic E-state index is -3.66. The van der Waals surface area contributed by atoms with Crippen molar-refractivity contribution in [3.05, 3.63) is 76.5 Å². The number of hydrogen-bond acceptors (Lipinski definition) is 4. The highest BCUT2D eigenvalue weighted by molar-refractivity contribution is 7.89. The Morgan fingerprint density at radius 1 is 1.17 bits per heavy atom. The van der Waals surface area contributed by atoms with Crippen LogP contribution in [0.1, 0.15) is 41.4 Å². The van der Waals surface area contributed by atoms with Crippen molar-refractivity contribution in [3.8, 4) is 0 Å². The van der Waals surface area contributed by atoms with Crippen molar-refractivity contribution in [2.75, 3.05) is 6.54 Å². The molecule has 4 rings (SSSR count). The van der Waals surface area contributed by atoms with E-state index in [-0.39, 0.29) is 11.1 Å². The Kier molecular flexibility index (Phi) is 5.46. The summed E-state index contributed by atoms with van der Waals surface area (Å²) in [7, 11) is -1.90. The summed E-state index contributed by atoms with van der Waals surface area (Å²) < 4.78 is 29.5. The zero-order valence-corrected chi connectivity index (χ0v) is 18.0. The van der Waals surface area contributed by atoms with Gasteiger partial charge in [0.1, 0.15) is 0 Å². The number of sulfonamides is 1. The standard InChI is InChI=1S/C21H23ClN4O2S/c1-15-10-17(11-16-5-7-18(22)8-6-16)12-19(24-15)20-4-3-9-26(20)29(27,28)21-13-25(2)14-23-21/h5-8,10,12-14,20H,3-4,9,11H2,1-2H3. The van der Waals surface area contributed by atoms with Crippen LogP contribution in [0.5, 0.6) is 0 Å². The maximum absolute atomic E-state index is 13.1. The predicted octanol–water partition coefficient (Wildman–Crippen LogP) is 3.89. The van der Waals surface area contributed by atoms with Crippen molar-refractivity contribution in [2.24, 2.45) is 7.05 Å². The van der Waals surface area contributed by atoms with Gasteiger partial charge in [0.25, 0.3) is 10.0 Å². The summed E-state index contributed by atoms with van der Waals surface area (Å²) in [5.74, 6) is 0. The lowest BCUT2D eigenvalue weighted by Gasteiger charge is -2.23. The Balaban J connectivity index is 1.64. The van der Waals surface area contributed by atoms with Crippen molar-refractivity contribution >= 4 is 21.6 Å². The molecule has 0 bridgehead atoms. The molecule has 8 heteroatoms. The molecule has 29 heavy (non-hydrogen) atoms. The van der Waals surface area contributed by atoms with E-state index in [1.807, 2.05) is 43.3 Å². The normalized spacial score (nSPS) is 17.7. The van der Waals surface area contributed by atoms with Gasteiger partial charge in [-0.15, -0.1) is 0 Å². The molecular formula is C21H23ClN4O2S. The molecule has 0 amide bonds. The first-order chi connectivity index (χ1) is 13.8. The summed E-state index contributed by atoms with van der Waals surface area (Å²) in [6, 6.07) is 11.6. The SMILES string of the molecule is Cc1cc(Cc2ccc(Cl)cc2)cc(C2CCCN2S(=O)(=O)c2cn(C)cn2)n1. The molecule has 152 valence electrons. The maximum Gasteiger partial charge on any atom is 0.262 e. The van der Waals surface area contributed by atoms with Gasteiger partial charge in [0.05, 0.1) is 18.1 Å². The van der Waals surface area contributed by atoms with Crippen molar-refractivity contribution < 1.29 is 8.42 Å². The highest BCUT2D eigenvalue weighted by Gasteiger charge is 2.38. The molecule has 0 aliphatic carbocycles. The van der Waals surface area contributed by atoms with Crippen LogP contribution in [0, 0.1) is 6.92 Å². The zero-order valence-electron chi connectivity index (χ0n) is 16.4. The fourth-order valence-electron chi connectivity index (χ4n) is 3.84. The topological polar surface area (TPSA) is 68.1 Å². The highest BCUT2D eigenvalue weighted by Crippen LogP contribution is 2.36. The molecule has 3 aromatic rings. The molecule has 2 aromatic heterocycles. The lowest BCUT2D eigenvalue weighted by molar-refractivity contribution is 0.388. The van der Waals surface area contributed by atoms with Gasteiger partial charge in [-0.3, -0.25) is 4.98 Å². The zero-order chi connectivity index (χ0) is 20.6. The number of benzene rings is 1. The van der Waals surface area contributed by atoms with Crippen LogP contribution in [-0.2, 0) is 23.5 Å². The van der Waals surface area contributed by atoms with E-state index in [1.54, 1.807) is 22.1 Å². The van der Waals surface area contributed by atoms with Crippen molar-refractivity contribution in [3.63, 3.8) is 0 Å². The van der Waals surface area contributed by atoms with Crippen molar-refractivity contribution in [2.45, 2.75) is 37.3 Å². The molecule has 0 radical (unpaired) electrons. The molecular weight excluding hydrogens is 408 g/mol. The van der Waals surface area contributed by atoms with Crippen LogP contribution < -0.4 is 0 Å². The van der Waals surface area contributed by atoms with Gasteiger partial charge in [0.2, 0.25) is 0 Å². The molecule has 0 saturated carbocycles. The van der Waals surface area contributed by atoms with Gasteiger partial charge in [-0.25, -0.2) is 13.4 Å². The number of pyridine rings is 1. The third-order valence-corrected chi connectivity index (χ3v) is 7.20. The minimum Gasteiger partial charge on any atom is -0.339 e. The summed E-state index contributed by atoms with van der Waals surface area (Å²) in [6.07, 6.45) is 5.35. The fourth-order valence-corrected chi connectivity index (χ4v) is 5.61. The summed E-state index contributed by atoms with van der Waals surface area (Å²) in [4.78, 5) is 8.74. The molecule has 1 aliphatic rings. The van der Waals surface area contributed by atoms with Crippen LogP contribution in [0.3, 0.4) is 0 Å². The molecule has 1 unspecified atom stereocenters. The molecule has 6 nitrogen and oxygen atoms in total. The highest BCUT2D eigenvalue weighted by atomic mass is 35.5. The molecule has 1 fully saturated rings. The largest absolute Gasteiger partial charge is 0.339 e. The van der Waals surface area contributed by atoms with Gasteiger partial charge < -0.3 is 4.57 Å². The second kappa shape index (κ2) is 7.89. The number of halogens is 1. The average molecular weight is 431 g/mol.